The van der Waals surface area contributed by atoms with E-state index in [4.69, 9.17) is 10.00 Å². The molecule has 0 heterocycles. The van der Waals surface area contributed by atoms with Crippen LogP contribution in [0.3, 0.4) is 0 Å². The predicted molar refractivity (Wildman–Crippen MR) is 80.6 cm³/mol. The van der Waals surface area contributed by atoms with Crippen molar-refractivity contribution < 1.29 is 4.74 Å². The third kappa shape index (κ3) is 3.52. The number of nitrogens with zero attached hydrogens (tertiary/aromatic N) is 1. The van der Waals surface area contributed by atoms with Crippen molar-refractivity contribution >= 4 is 0 Å². The summed E-state index contributed by atoms with van der Waals surface area (Å²) in [5, 5.41) is 12.3. The summed E-state index contributed by atoms with van der Waals surface area (Å²) in [4.78, 5) is 0. The second kappa shape index (κ2) is 7.31. The van der Waals surface area contributed by atoms with Gasteiger partial charge in [0.1, 0.15) is 5.75 Å². The summed E-state index contributed by atoms with van der Waals surface area (Å²) in [5.41, 5.74) is 1.51. The number of hydrogen-bond acceptors (Lipinski definition) is 3. The maximum Gasteiger partial charge on any atom is 0.118 e. The number of nitrogens with one attached hydrogen (secondary N) is 1. The molecule has 3 nitrogen and oxygen atoms in total. The van der Waals surface area contributed by atoms with Gasteiger partial charge < -0.3 is 10.1 Å². The van der Waals surface area contributed by atoms with Gasteiger partial charge in [-0.25, -0.2) is 0 Å². The number of methoxy groups -OCH3 is 1. The number of rotatable bonds is 7. The highest BCUT2D eigenvalue weighted by molar-refractivity contribution is 5.32. The third-order valence-corrected chi connectivity index (χ3v) is 4.28. The Hall–Kier alpha value is -1.53. The summed E-state index contributed by atoms with van der Waals surface area (Å²) in [7, 11) is 1.70. The molecule has 2 rings (SSSR count). The van der Waals surface area contributed by atoms with Gasteiger partial charge >= 0.3 is 0 Å². The van der Waals surface area contributed by atoms with E-state index in [0.717, 1.165) is 25.1 Å². The fraction of sp³-hybridized carbons (Fsp3) is 0.588. The average Bonchev–Trinajstić information content (AvgIpc) is 2.97. The monoisotopic (exact) mass is 272 g/mol. The summed E-state index contributed by atoms with van der Waals surface area (Å²) in [6.07, 6.45) is 7.72. The molecule has 0 unspecified atom stereocenters. The molecule has 0 saturated heterocycles. The Kier molecular flexibility index (Phi) is 5.43. The first-order valence-corrected chi connectivity index (χ1v) is 7.57. The van der Waals surface area contributed by atoms with E-state index in [9.17, 15) is 0 Å². The van der Waals surface area contributed by atoms with Crippen molar-refractivity contribution in [2.75, 3.05) is 13.7 Å². The normalized spacial score (nSPS) is 16.8. The van der Waals surface area contributed by atoms with Crippen molar-refractivity contribution in [2.24, 2.45) is 0 Å². The first-order valence-electron chi connectivity index (χ1n) is 7.57. The minimum atomic E-state index is 0.138. The predicted octanol–water partition coefficient (Wildman–Crippen LogP) is 3.75. The van der Waals surface area contributed by atoms with Gasteiger partial charge in [0, 0.05) is 12.0 Å². The lowest BCUT2D eigenvalue weighted by Crippen LogP contribution is -2.40. The number of unbranched alkanes of at least 4 members (excludes halogenated alkanes) is 2. The highest BCUT2D eigenvalue weighted by Gasteiger charge is 2.34. The largest absolute Gasteiger partial charge is 0.497 e. The Morgan fingerprint density at radius 3 is 2.50 bits per heavy atom. The molecule has 0 aliphatic heterocycles. The van der Waals surface area contributed by atoms with E-state index in [1.165, 1.54) is 31.2 Å². The SMILES string of the molecule is COc1ccc(C2(NCCCCC#N)CCCC2)cc1. The molecule has 0 spiro atoms. The second-order valence-electron chi connectivity index (χ2n) is 5.56. The van der Waals surface area contributed by atoms with Crippen molar-refractivity contribution in [3.8, 4) is 11.8 Å². The van der Waals surface area contributed by atoms with Crippen LogP contribution in [0.25, 0.3) is 0 Å². The zero-order valence-corrected chi connectivity index (χ0v) is 12.3. The van der Waals surface area contributed by atoms with Gasteiger partial charge in [-0.2, -0.15) is 5.26 Å². The summed E-state index contributed by atoms with van der Waals surface area (Å²) in [6, 6.07) is 10.7. The summed E-state index contributed by atoms with van der Waals surface area (Å²) < 4.78 is 5.24. The van der Waals surface area contributed by atoms with E-state index < -0.39 is 0 Å². The number of ether oxygens (including phenoxy) is 1. The smallest absolute Gasteiger partial charge is 0.118 e. The van der Waals surface area contributed by atoms with Gasteiger partial charge in [-0.15, -0.1) is 0 Å². The van der Waals surface area contributed by atoms with Crippen LogP contribution >= 0.6 is 0 Å². The molecule has 1 aliphatic rings. The van der Waals surface area contributed by atoms with Crippen molar-refractivity contribution in [3.05, 3.63) is 29.8 Å². The number of nitriles is 1. The molecular weight excluding hydrogens is 248 g/mol. The van der Waals surface area contributed by atoms with E-state index in [2.05, 4.69) is 23.5 Å². The molecule has 3 heteroatoms. The molecule has 1 saturated carbocycles. The van der Waals surface area contributed by atoms with Crippen LogP contribution in [-0.4, -0.2) is 13.7 Å². The maximum absolute atomic E-state index is 8.57. The zero-order chi connectivity index (χ0) is 14.3. The summed E-state index contributed by atoms with van der Waals surface area (Å²) in [5.74, 6) is 0.913. The summed E-state index contributed by atoms with van der Waals surface area (Å²) in [6.45, 7) is 0.994. The van der Waals surface area contributed by atoms with Gasteiger partial charge in [-0.05, 0) is 49.9 Å². The van der Waals surface area contributed by atoms with Crippen molar-refractivity contribution in [1.29, 1.82) is 5.26 Å². The minimum absolute atomic E-state index is 0.138. The molecule has 108 valence electrons. The lowest BCUT2D eigenvalue weighted by Gasteiger charge is -2.31. The molecule has 0 radical (unpaired) electrons. The van der Waals surface area contributed by atoms with Crippen LogP contribution < -0.4 is 10.1 Å². The number of hydrogen-bond donors (Lipinski definition) is 1. The van der Waals surface area contributed by atoms with Gasteiger partial charge in [0.25, 0.3) is 0 Å². The van der Waals surface area contributed by atoms with Crippen LogP contribution in [0.2, 0.25) is 0 Å². The van der Waals surface area contributed by atoms with Crippen LogP contribution in [0, 0.1) is 11.3 Å². The molecule has 0 aromatic heterocycles. The lowest BCUT2D eigenvalue weighted by molar-refractivity contribution is 0.337. The van der Waals surface area contributed by atoms with E-state index >= 15 is 0 Å². The van der Waals surface area contributed by atoms with Gasteiger partial charge in [0.05, 0.1) is 13.2 Å². The molecule has 1 fully saturated rings. The minimum Gasteiger partial charge on any atom is -0.497 e. The van der Waals surface area contributed by atoms with Crippen LogP contribution in [-0.2, 0) is 5.54 Å². The Labute approximate surface area is 121 Å². The van der Waals surface area contributed by atoms with E-state index in [-0.39, 0.29) is 5.54 Å². The third-order valence-electron chi connectivity index (χ3n) is 4.28. The van der Waals surface area contributed by atoms with Crippen molar-refractivity contribution in [2.45, 2.75) is 50.5 Å². The molecule has 0 amide bonds. The van der Waals surface area contributed by atoms with Crippen molar-refractivity contribution in [1.82, 2.24) is 5.32 Å². The first kappa shape index (κ1) is 14.9. The maximum atomic E-state index is 8.57. The molecule has 1 aromatic rings. The van der Waals surface area contributed by atoms with Crippen LogP contribution in [0.5, 0.6) is 5.75 Å². The van der Waals surface area contributed by atoms with Crippen LogP contribution in [0.1, 0.15) is 50.5 Å². The molecule has 0 bridgehead atoms. The molecular formula is C17H24N2O. The molecule has 20 heavy (non-hydrogen) atoms. The van der Waals surface area contributed by atoms with Gasteiger partial charge in [0.15, 0.2) is 0 Å². The van der Waals surface area contributed by atoms with Gasteiger partial charge in [-0.3, -0.25) is 0 Å². The molecule has 1 aromatic carbocycles. The Bertz CT molecular complexity index is 441. The van der Waals surface area contributed by atoms with Gasteiger partial charge in [0.2, 0.25) is 0 Å². The highest BCUT2D eigenvalue weighted by atomic mass is 16.5. The Morgan fingerprint density at radius 2 is 1.90 bits per heavy atom. The van der Waals surface area contributed by atoms with Crippen molar-refractivity contribution in [3.63, 3.8) is 0 Å². The second-order valence-corrected chi connectivity index (χ2v) is 5.56. The lowest BCUT2D eigenvalue weighted by atomic mass is 9.88. The zero-order valence-electron chi connectivity index (χ0n) is 12.3. The molecule has 0 atom stereocenters. The quantitative estimate of drug-likeness (QED) is 0.769. The van der Waals surface area contributed by atoms with Crippen LogP contribution in [0.4, 0.5) is 0 Å². The standard InChI is InChI=1S/C17H24N2O/c1-20-16-9-7-15(8-10-16)17(11-3-4-12-17)19-14-6-2-5-13-18/h7-10,19H,2-6,11-12,14H2,1H3. The molecule has 1 N–H and O–H groups in total. The van der Waals surface area contributed by atoms with E-state index in [0.29, 0.717) is 6.42 Å². The van der Waals surface area contributed by atoms with E-state index in [1.807, 2.05) is 12.1 Å². The van der Waals surface area contributed by atoms with E-state index in [1.54, 1.807) is 7.11 Å². The average molecular weight is 272 g/mol. The first-order chi connectivity index (χ1) is 9.80. The Balaban J connectivity index is 1.99. The highest BCUT2D eigenvalue weighted by Crippen LogP contribution is 2.39. The number of benzene rings is 1. The fourth-order valence-electron chi connectivity index (χ4n) is 3.11. The van der Waals surface area contributed by atoms with Crippen LogP contribution in [0.15, 0.2) is 24.3 Å². The topological polar surface area (TPSA) is 45.0 Å². The van der Waals surface area contributed by atoms with Gasteiger partial charge in [-0.1, -0.05) is 25.0 Å². The fourth-order valence-corrected chi connectivity index (χ4v) is 3.11. The summed E-state index contributed by atoms with van der Waals surface area (Å²) >= 11 is 0. The Morgan fingerprint density at radius 1 is 1.20 bits per heavy atom. The molecule has 1 aliphatic carbocycles.